The summed E-state index contributed by atoms with van der Waals surface area (Å²) in [6, 6.07) is 8.72. The predicted molar refractivity (Wildman–Crippen MR) is 121 cm³/mol. The fraction of sp³-hybridized carbons (Fsp3) is 0.650. The lowest BCUT2D eigenvalue weighted by molar-refractivity contribution is 0.0373. The molecule has 0 spiro atoms. The number of guanidine groups is 1. The van der Waals surface area contributed by atoms with E-state index in [0.29, 0.717) is 0 Å². The van der Waals surface area contributed by atoms with E-state index in [0.717, 1.165) is 64.9 Å². The van der Waals surface area contributed by atoms with Crippen molar-refractivity contribution in [3.05, 3.63) is 35.4 Å². The Balaban J connectivity index is 0.00000338. The van der Waals surface area contributed by atoms with E-state index in [1.807, 2.05) is 0 Å². The van der Waals surface area contributed by atoms with E-state index in [1.54, 1.807) is 0 Å². The number of hydrogen-bond acceptors (Lipinski definition) is 3. The normalized spacial score (nSPS) is 15.4. The Labute approximate surface area is 176 Å². The smallest absolute Gasteiger partial charge is 0.193 e. The minimum absolute atomic E-state index is 0. The first kappa shape index (κ1) is 23.2. The van der Waals surface area contributed by atoms with Crippen molar-refractivity contribution in [1.82, 2.24) is 15.1 Å². The van der Waals surface area contributed by atoms with Gasteiger partial charge in [-0.1, -0.05) is 29.8 Å². The summed E-state index contributed by atoms with van der Waals surface area (Å²) in [7, 11) is 2.11. The van der Waals surface area contributed by atoms with Crippen LogP contribution in [-0.2, 0) is 11.3 Å². The monoisotopic (exact) mass is 474 g/mol. The first-order chi connectivity index (χ1) is 12.2. The van der Waals surface area contributed by atoms with Crippen LogP contribution in [0.1, 0.15) is 30.9 Å². The number of hydrogen-bond donors (Lipinski definition) is 1. The summed E-state index contributed by atoms with van der Waals surface area (Å²) in [5.41, 5.74) is 2.61. The fourth-order valence-corrected chi connectivity index (χ4v) is 2.97. The van der Waals surface area contributed by atoms with Gasteiger partial charge >= 0.3 is 0 Å². The second-order valence-corrected chi connectivity index (χ2v) is 6.74. The molecule has 6 heteroatoms. The van der Waals surface area contributed by atoms with Gasteiger partial charge < -0.3 is 15.0 Å². The van der Waals surface area contributed by atoms with Gasteiger partial charge in [-0.05, 0) is 38.8 Å². The molecule has 5 nitrogen and oxygen atoms in total. The van der Waals surface area contributed by atoms with Gasteiger partial charge in [0.2, 0.25) is 0 Å². The zero-order chi connectivity index (χ0) is 17.9. The highest BCUT2D eigenvalue weighted by atomic mass is 127. The van der Waals surface area contributed by atoms with Gasteiger partial charge in [0.25, 0.3) is 0 Å². The maximum absolute atomic E-state index is 5.39. The van der Waals surface area contributed by atoms with E-state index < -0.39 is 0 Å². The van der Waals surface area contributed by atoms with Gasteiger partial charge in [-0.3, -0.25) is 9.89 Å². The Morgan fingerprint density at radius 1 is 1.19 bits per heavy atom. The molecular formula is C20H35IN4O. The molecule has 26 heavy (non-hydrogen) atoms. The highest BCUT2D eigenvalue weighted by Crippen LogP contribution is 2.06. The summed E-state index contributed by atoms with van der Waals surface area (Å²) < 4.78 is 5.39. The third kappa shape index (κ3) is 8.68. The zero-order valence-corrected chi connectivity index (χ0v) is 18.9. The topological polar surface area (TPSA) is 40.1 Å². The Morgan fingerprint density at radius 3 is 2.54 bits per heavy atom. The molecule has 1 fully saturated rings. The summed E-state index contributed by atoms with van der Waals surface area (Å²) in [6.45, 7) is 12.0. The zero-order valence-electron chi connectivity index (χ0n) is 16.5. The van der Waals surface area contributed by atoms with Crippen LogP contribution in [0.15, 0.2) is 29.3 Å². The minimum Gasteiger partial charge on any atom is -0.379 e. The number of benzene rings is 1. The largest absolute Gasteiger partial charge is 0.379 e. The molecule has 1 aromatic carbocycles. The third-order valence-electron chi connectivity index (χ3n) is 4.48. The first-order valence-corrected chi connectivity index (χ1v) is 9.54. The molecule has 2 rings (SSSR count). The lowest BCUT2D eigenvalue weighted by Crippen LogP contribution is -2.38. The maximum Gasteiger partial charge on any atom is 0.193 e. The number of morpholine rings is 1. The summed E-state index contributed by atoms with van der Waals surface area (Å²) in [5.74, 6) is 0.995. The van der Waals surface area contributed by atoms with Crippen molar-refractivity contribution in [2.45, 2.75) is 33.2 Å². The summed E-state index contributed by atoms with van der Waals surface area (Å²) >= 11 is 0. The molecule has 1 heterocycles. The highest BCUT2D eigenvalue weighted by molar-refractivity contribution is 14.0. The summed E-state index contributed by atoms with van der Waals surface area (Å²) in [6.07, 6.45) is 2.33. The molecule has 1 aliphatic heterocycles. The Hall–Kier alpha value is -0.860. The highest BCUT2D eigenvalue weighted by Gasteiger charge is 2.09. The van der Waals surface area contributed by atoms with Gasteiger partial charge in [-0.15, -0.1) is 24.0 Å². The van der Waals surface area contributed by atoms with Crippen LogP contribution in [0.5, 0.6) is 0 Å². The second-order valence-electron chi connectivity index (χ2n) is 6.74. The fourth-order valence-electron chi connectivity index (χ4n) is 2.97. The molecule has 0 bridgehead atoms. The molecule has 1 N–H and O–H groups in total. The number of unbranched alkanes of at least 4 members (excludes halogenated alkanes) is 1. The van der Waals surface area contributed by atoms with Gasteiger partial charge in [-0.2, -0.15) is 0 Å². The maximum atomic E-state index is 5.39. The lowest BCUT2D eigenvalue weighted by Gasteiger charge is -2.26. The van der Waals surface area contributed by atoms with Crippen molar-refractivity contribution in [2.24, 2.45) is 4.99 Å². The molecule has 0 radical (unpaired) electrons. The number of aliphatic imine (C=N–C) groups is 1. The van der Waals surface area contributed by atoms with Gasteiger partial charge in [0.1, 0.15) is 0 Å². The lowest BCUT2D eigenvalue weighted by atomic mass is 10.1. The number of nitrogens with zero attached hydrogens (tertiary/aromatic N) is 3. The van der Waals surface area contributed by atoms with Gasteiger partial charge in [0.15, 0.2) is 5.96 Å². The minimum atomic E-state index is 0. The van der Waals surface area contributed by atoms with Crippen LogP contribution < -0.4 is 5.32 Å². The van der Waals surface area contributed by atoms with Gasteiger partial charge in [0.05, 0.1) is 13.2 Å². The van der Waals surface area contributed by atoms with E-state index in [1.165, 1.54) is 17.5 Å². The van der Waals surface area contributed by atoms with Crippen molar-refractivity contribution in [3.8, 4) is 0 Å². The molecule has 0 atom stereocenters. The number of rotatable bonds is 8. The van der Waals surface area contributed by atoms with Crippen molar-refractivity contribution in [2.75, 3.05) is 53.0 Å². The van der Waals surface area contributed by atoms with E-state index in [-0.39, 0.29) is 24.0 Å². The van der Waals surface area contributed by atoms with E-state index in [9.17, 15) is 0 Å². The van der Waals surface area contributed by atoms with Crippen LogP contribution in [0.25, 0.3) is 0 Å². The van der Waals surface area contributed by atoms with Crippen molar-refractivity contribution in [3.63, 3.8) is 0 Å². The average molecular weight is 474 g/mol. The molecule has 1 aliphatic rings. The van der Waals surface area contributed by atoms with E-state index in [2.05, 4.69) is 60.3 Å². The molecule has 1 saturated heterocycles. The van der Waals surface area contributed by atoms with Gasteiger partial charge in [0, 0.05) is 39.8 Å². The van der Waals surface area contributed by atoms with Crippen molar-refractivity contribution >= 4 is 29.9 Å². The summed E-state index contributed by atoms with van der Waals surface area (Å²) in [5, 5.41) is 3.40. The van der Waals surface area contributed by atoms with E-state index in [4.69, 9.17) is 9.73 Å². The molecule has 1 aromatic rings. The Bertz CT molecular complexity index is 515. The van der Waals surface area contributed by atoms with Crippen LogP contribution in [0.2, 0.25) is 0 Å². The predicted octanol–water partition coefficient (Wildman–Crippen LogP) is 3.12. The Morgan fingerprint density at radius 2 is 1.88 bits per heavy atom. The second kappa shape index (κ2) is 13.3. The number of aryl methyl sites for hydroxylation is 1. The molecular weight excluding hydrogens is 439 g/mol. The standard InChI is InChI=1S/C20H34N4O.HI/c1-4-21-20(23(3)17-19-9-7-18(2)8-10-19)22-11-5-6-12-24-13-15-25-16-14-24;/h7-10H,4-6,11-17H2,1-3H3,(H,21,22);1H. The van der Waals surface area contributed by atoms with Crippen molar-refractivity contribution < 1.29 is 4.74 Å². The number of ether oxygens (including phenoxy) is 1. The Kier molecular flexibility index (Phi) is 11.9. The molecule has 0 aromatic heterocycles. The van der Waals surface area contributed by atoms with Crippen LogP contribution in [-0.4, -0.2) is 68.7 Å². The van der Waals surface area contributed by atoms with Crippen LogP contribution in [0.4, 0.5) is 0 Å². The SMILES string of the molecule is CCNC(=NCCCCN1CCOCC1)N(C)Cc1ccc(C)cc1.I. The first-order valence-electron chi connectivity index (χ1n) is 9.54. The number of halogens is 1. The molecule has 0 amide bonds. The number of nitrogens with one attached hydrogen (secondary N) is 1. The molecule has 0 aliphatic carbocycles. The molecule has 0 saturated carbocycles. The molecule has 0 unspecified atom stereocenters. The van der Waals surface area contributed by atoms with Crippen LogP contribution >= 0.6 is 24.0 Å². The molecule has 148 valence electrons. The summed E-state index contributed by atoms with van der Waals surface area (Å²) in [4.78, 5) is 9.49. The van der Waals surface area contributed by atoms with E-state index >= 15 is 0 Å². The average Bonchev–Trinajstić information content (AvgIpc) is 2.63. The third-order valence-corrected chi connectivity index (χ3v) is 4.48. The quantitative estimate of drug-likeness (QED) is 0.272. The van der Waals surface area contributed by atoms with Crippen molar-refractivity contribution in [1.29, 1.82) is 0 Å². The van der Waals surface area contributed by atoms with Crippen LogP contribution in [0.3, 0.4) is 0 Å². The van der Waals surface area contributed by atoms with Gasteiger partial charge in [-0.25, -0.2) is 0 Å². The van der Waals surface area contributed by atoms with Crippen LogP contribution in [0, 0.1) is 6.92 Å².